The molecule has 1 heterocycles. The summed E-state index contributed by atoms with van der Waals surface area (Å²) >= 11 is 0. The number of hydrogen-bond donors (Lipinski definition) is 2. The fourth-order valence-corrected chi connectivity index (χ4v) is 6.21. The first-order valence-corrected chi connectivity index (χ1v) is 13.2. The van der Waals surface area contributed by atoms with Crippen molar-refractivity contribution >= 4 is 39.2 Å². The largest absolute Gasteiger partial charge is 0.452 e. The first kappa shape index (κ1) is 23.5. The molecular formula is C25H27N3O6S. The molecule has 0 radical (unpaired) electrons. The number of aryl methyl sites for hydroxylation is 1. The zero-order chi connectivity index (χ0) is 24.8. The van der Waals surface area contributed by atoms with E-state index in [1.807, 2.05) is 0 Å². The standard InChI is InChI=1S/C25H27N3O6S/c1-16-8-11-18(35(32,33)27-17-9-10-17)14-19(16)23(30)34-15-22(29)28-21-7-3-2-6-20(21)26-24(31)25(28)12-4-5-13-25/h2-3,6-8,11,14,17,27H,4-5,9-10,12-13,15H2,1H3,(H,26,31). The lowest BCUT2D eigenvalue weighted by atomic mass is 9.90. The Bertz CT molecular complexity index is 1310. The number of esters is 1. The van der Waals surface area contributed by atoms with Crippen molar-refractivity contribution < 1.29 is 27.5 Å². The summed E-state index contributed by atoms with van der Waals surface area (Å²) in [5.74, 6) is -1.53. The molecule has 2 fully saturated rings. The Hall–Kier alpha value is -3.24. The molecule has 184 valence electrons. The molecular weight excluding hydrogens is 470 g/mol. The summed E-state index contributed by atoms with van der Waals surface area (Å²) in [6, 6.07) is 11.2. The normalized spacial score (nSPS) is 18.8. The molecule has 0 atom stereocenters. The smallest absolute Gasteiger partial charge is 0.338 e. The van der Waals surface area contributed by atoms with Gasteiger partial charge in [0.1, 0.15) is 5.54 Å². The summed E-state index contributed by atoms with van der Waals surface area (Å²) < 4.78 is 33.1. The Morgan fingerprint density at radius 1 is 1.14 bits per heavy atom. The number of hydrogen-bond acceptors (Lipinski definition) is 6. The number of amides is 2. The van der Waals surface area contributed by atoms with Gasteiger partial charge in [-0.3, -0.25) is 14.5 Å². The number of benzene rings is 2. The molecule has 10 heteroatoms. The molecule has 5 rings (SSSR count). The number of carbonyl (C=O) groups excluding carboxylic acids is 3. The number of fused-ring (bicyclic) bond motifs is 1. The molecule has 2 N–H and O–H groups in total. The van der Waals surface area contributed by atoms with E-state index < -0.39 is 34.0 Å². The molecule has 1 aliphatic heterocycles. The van der Waals surface area contributed by atoms with E-state index in [4.69, 9.17) is 4.74 Å². The van der Waals surface area contributed by atoms with Crippen LogP contribution in [0.1, 0.15) is 54.4 Å². The summed E-state index contributed by atoms with van der Waals surface area (Å²) in [7, 11) is -3.75. The second kappa shape index (κ2) is 8.76. The number of para-hydroxylation sites is 2. The second-order valence-corrected chi connectivity index (χ2v) is 11.1. The van der Waals surface area contributed by atoms with Gasteiger partial charge in [0.15, 0.2) is 6.61 Å². The molecule has 2 amide bonds. The van der Waals surface area contributed by atoms with Gasteiger partial charge >= 0.3 is 5.97 Å². The molecule has 0 aromatic heterocycles. The minimum absolute atomic E-state index is 0.0279. The first-order chi connectivity index (χ1) is 16.7. The van der Waals surface area contributed by atoms with Crippen molar-refractivity contribution in [2.75, 3.05) is 16.8 Å². The van der Waals surface area contributed by atoms with Crippen LogP contribution in [0, 0.1) is 6.92 Å². The van der Waals surface area contributed by atoms with Gasteiger partial charge in [0, 0.05) is 6.04 Å². The van der Waals surface area contributed by atoms with Crippen LogP contribution >= 0.6 is 0 Å². The van der Waals surface area contributed by atoms with Gasteiger partial charge in [0.05, 0.1) is 21.8 Å². The number of carbonyl (C=O) groups is 3. The average molecular weight is 498 g/mol. The summed E-state index contributed by atoms with van der Waals surface area (Å²) in [6.45, 7) is 1.10. The predicted molar refractivity (Wildman–Crippen MR) is 129 cm³/mol. The van der Waals surface area contributed by atoms with E-state index >= 15 is 0 Å². The Kier molecular flexibility index (Phi) is 5.88. The van der Waals surface area contributed by atoms with E-state index in [1.54, 1.807) is 37.3 Å². The van der Waals surface area contributed by atoms with E-state index in [0.29, 0.717) is 29.8 Å². The Morgan fingerprint density at radius 3 is 2.57 bits per heavy atom. The minimum Gasteiger partial charge on any atom is -0.452 e. The SMILES string of the molecule is Cc1ccc(S(=O)(=O)NC2CC2)cc1C(=O)OCC(=O)N1c2ccccc2NC(=O)C12CCCC2. The van der Waals surface area contributed by atoms with Crippen LogP contribution < -0.4 is 14.9 Å². The second-order valence-electron chi connectivity index (χ2n) is 9.39. The minimum atomic E-state index is -3.75. The van der Waals surface area contributed by atoms with Crippen LogP contribution in [0.25, 0.3) is 0 Å². The molecule has 3 aliphatic rings. The van der Waals surface area contributed by atoms with Gasteiger partial charge in [-0.2, -0.15) is 0 Å². The van der Waals surface area contributed by atoms with Crippen molar-refractivity contribution in [1.29, 1.82) is 0 Å². The lowest BCUT2D eigenvalue weighted by Crippen LogP contribution is -2.61. The molecule has 0 saturated heterocycles. The maximum Gasteiger partial charge on any atom is 0.338 e. The third-order valence-electron chi connectivity index (χ3n) is 6.89. The van der Waals surface area contributed by atoms with Gasteiger partial charge in [0.2, 0.25) is 10.0 Å². The van der Waals surface area contributed by atoms with Gasteiger partial charge in [-0.25, -0.2) is 17.9 Å². The molecule has 2 aromatic carbocycles. The summed E-state index contributed by atoms with van der Waals surface area (Å²) in [6.07, 6.45) is 4.27. The van der Waals surface area contributed by atoms with Crippen molar-refractivity contribution in [1.82, 2.24) is 4.72 Å². The molecule has 35 heavy (non-hydrogen) atoms. The van der Waals surface area contributed by atoms with Crippen LogP contribution in [0.2, 0.25) is 0 Å². The number of anilines is 2. The Morgan fingerprint density at radius 2 is 1.86 bits per heavy atom. The zero-order valence-corrected chi connectivity index (χ0v) is 20.2. The van der Waals surface area contributed by atoms with Gasteiger partial charge < -0.3 is 10.1 Å². The van der Waals surface area contributed by atoms with E-state index in [0.717, 1.165) is 25.7 Å². The van der Waals surface area contributed by atoms with Crippen LogP contribution in [0.5, 0.6) is 0 Å². The Labute approximate surface area is 203 Å². The topological polar surface area (TPSA) is 122 Å². The quantitative estimate of drug-likeness (QED) is 0.592. The van der Waals surface area contributed by atoms with Gasteiger partial charge in [0.25, 0.3) is 11.8 Å². The number of sulfonamides is 1. The number of nitrogens with one attached hydrogen (secondary N) is 2. The lowest BCUT2D eigenvalue weighted by molar-refractivity contribution is -0.129. The Balaban J connectivity index is 1.37. The number of rotatable bonds is 6. The van der Waals surface area contributed by atoms with Crippen molar-refractivity contribution in [2.45, 2.75) is 61.9 Å². The summed E-state index contributed by atoms with van der Waals surface area (Å²) in [4.78, 5) is 40.8. The monoisotopic (exact) mass is 497 g/mol. The van der Waals surface area contributed by atoms with Crippen molar-refractivity contribution in [3.05, 3.63) is 53.6 Å². The van der Waals surface area contributed by atoms with E-state index in [9.17, 15) is 22.8 Å². The van der Waals surface area contributed by atoms with Crippen LogP contribution in [-0.4, -0.2) is 44.4 Å². The maximum atomic E-state index is 13.4. The van der Waals surface area contributed by atoms with E-state index in [1.165, 1.54) is 17.0 Å². The predicted octanol–water partition coefficient (Wildman–Crippen LogP) is 2.89. The summed E-state index contributed by atoms with van der Waals surface area (Å²) in [5, 5.41) is 2.91. The number of nitrogens with zero attached hydrogens (tertiary/aromatic N) is 1. The van der Waals surface area contributed by atoms with Crippen molar-refractivity contribution in [3.8, 4) is 0 Å². The third kappa shape index (κ3) is 4.32. The molecule has 2 saturated carbocycles. The first-order valence-electron chi connectivity index (χ1n) is 11.7. The molecule has 2 aromatic rings. The fourth-order valence-electron chi connectivity index (χ4n) is 4.88. The number of ether oxygens (including phenoxy) is 1. The molecule has 2 aliphatic carbocycles. The van der Waals surface area contributed by atoms with Gasteiger partial charge in [-0.05, 0) is 62.4 Å². The highest BCUT2D eigenvalue weighted by Gasteiger charge is 2.52. The highest BCUT2D eigenvalue weighted by molar-refractivity contribution is 7.89. The van der Waals surface area contributed by atoms with E-state index in [-0.39, 0.29) is 22.4 Å². The van der Waals surface area contributed by atoms with Crippen molar-refractivity contribution in [2.24, 2.45) is 0 Å². The lowest BCUT2D eigenvalue weighted by Gasteiger charge is -2.44. The highest BCUT2D eigenvalue weighted by atomic mass is 32.2. The zero-order valence-electron chi connectivity index (χ0n) is 19.4. The average Bonchev–Trinajstić information content (AvgIpc) is 3.50. The maximum absolute atomic E-state index is 13.4. The summed E-state index contributed by atoms with van der Waals surface area (Å²) in [5.41, 5.74) is 0.708. The van der Waals surface area contributed by atoms with Gasteiger partial charge in [-0.15, -0.1) is 0 Å². The fraction of sp³-hybridized carbons (Fsp3) is 0.400. The van der Waals surface area contributed by atoms with Crippen molar-refractivity contribution in [3.63, 3.8) is 0 Å². The van der Waals surface area contributed by atoms with Crippen LogP contribution in [0.4, 0.5) is 11.4 Å². The van der Waals surface area contributed by atoms with Gasteiger partial charge in [-0.1, -0.05) is 31.0 Å². The third-order valence-corrected chi connectivity index (χ3v) is 8.41. The van der Waals surface area contributed by atoms with Crippen LogP contribution in [0.3, 0.4) is 0 Å². The highest BCUT2D eigenvalue weighted by Crippen LogP contribution is 2.45. The van der Waals surface area contributed by atoms with Crippen LogP contribution in [-0.2, 0) is 24.3 Å². The van der Waals surface area contributed by atoms with E-state index in [2.05, 4.69) is 10.0 Å². The molecule has 9 nitrogen and oxygen atoms in total. The molecule has 1 spiro atoms. The molecule has 0 bridgehead atoms. The molecule has 0 unspecified atom stereocenters. The van der Waals surface area contributed by atoms with Crippen LogP contribution in [0.15, 0.2) is 47.4 Å².